The Bertz CT molecular complexity index is 576. The third-order valence-corrected chi connectivity index (χ3v) is 5.06. The molecule has 2 rings (SSSR count). The average molecular weight is 310 g/mol. The van der Waals surface area contributed by atoms with Crippen LogP contribution in [-0.2, 0) is 0 Å². The van der Waals surface area contributed by atoms with Gasteiger partial charge in [-0.1, -0.05) is 74.0 Å². The molecule has 23 heavy (non-hydrogen) atoms. The number of aliphatic hydroxyl groups excluding tert-OH is 1. The summed E-state index contributed by atoms with van der Waals surface area (Å²) in [5.74, 6) is 1.48. The molecule has 0 radical (unpaired) electrons. The Morgan fingerprint density at radius 3 is 2.22 bits per heavy atom. The Morgan fingerprint density at radius 2 is 1.61 bits per heavy atom. The van der Waals surface area contributed by atoms with Gasteiger partial charge in [0.15, 0.2) is 0 Å². The fraction of sp³-hybridized carbons (Fsp3) is 0.455. The third-order valence-electron chi connectivity index (χ3n) is 5.06. The smallest absolute Gasteiger partial charge is 0.0499 e. The molecule has 1 nitrogen and oxygen atoms in total. The Labute approximate surface area is 141 Å². The first-order chi connectivity index (χ1) is 11.2. The number of rotatable bonds is 8. The molecular weight excluding hydrogens is 280 g/mol. The van der Waals surface area contributed by atoms with Crippen molar-refractivity contribution in [1.29, 1.82) is 0 Å². The Morgan fingerprint density at radius 1 is 0.913 bits per heavy atom. The van der Waals surface area contributed by atoms with Crippen molar-refractivity contribution in [1.82, 2.24) is 0 Å². The summed E-state index contributed by atoms with van der Waals surface area (Å²) in [4.78, 5) is 0. The fourth-order valence-corrected chi connectivity index (χ4v) is 3.62. The highest BCUT2D eigenvalue weighted by Crippen LogP contribution is 2.33. The highest BCUT2D eigenvalue weighted by atomic mass is 16.3. The lowest BCUT2D eigenvalue weighted by Gasteiger charge is -2.25. The molecule has 0 saturated heterocycles. The molecule has 1 heteroatoms. The van der Waals surface area contributed by atoms with Crippen molar-refractivity contribution in [2.75, 3.05) is 6.61 Å². The van der Waals surface area contributed by atoms with E-state index in [0.717, 1.165) is 12.8 Å². The van der Waals surface area contributed by atoms with Gasteiger partial charge < -0.3 is 5.11 Å². The van der Waals surface area contributed by atoms with E-state index in [4.69, 9.17) is 0 Å². The second-order valence-electron chi connectivity index (χ2n) is 6.77. The largest absolute Gasteiger partial charge is 0.396 e. The normalized spacial score (nSPS) is 15.1. The summed E-state index contributed by atoms with van der Waals surface area (Å²) < 4.78 is 0. The zero-order chi connectivity index (χ0) is 16.7. The lowest BCUT2D eigenvalue weighted by Crippen LogP contribution is -2.12. The third kappa shape index (κ3) is 4.94. The fourth-order valence-electron chi connectivity index (χ4n) is 3.62. The Hall–Kier alpha value is -1.60. The zero-order valence-corrected chi connectivity index (χ0v) is 14.7. The van der Waals surface area contributed by atoms with E-state index in [1.54, 1.807) is 0 Å². The highest BCUT2D eigenvalue weighted by molar-refractivity contribution is 5.26. The van der Waals surface area contributed by atoms with Crippen molar-refractivity contribution >= 4 is 0 Å². The van der Waals surface area contributed by atoms with E-state index in [2.05, 4.69) is 69.3 Å². The van der Waals surface area contributed by atoms with Gasteiger partial charge in [0.25, 0.3) is 0 Å². The van der Waals surface area contributed by atoms with E-state index in [1.165, 1.54) is 23.1 Å². The Balaban J connectivity index is 2.00. The first kappa shape index (κ1) is 17.7. The van der Waals surface area contributed by atoms with Gasteiger partial charge in [0.2, 0.25) is 0 Å². The summed E-state index contributed by atoms with van der Waals surface area (Å²) in [6.07, 6.45) is 3.36. The van der Waals surface area contributed by atoms with E-state index >= 15 is 0 Å². The maximum absolute atomic E-state index is 9.74. The van der Waals surface area contributed by atoms with Crippen LogP contribution in [0.25, 0.3) is 0 Å². The predicted octanol–water partition coefficient (Wildman–Crippen LogP) is 5.68. The van der Waals surface area contributed by atoms with Gasteiger partial charge in [-0.2, -0.15) is 0 Å². The first-order valence-electron chi connectivity index (χ1n) is 8.88. The Kier molecular flexibility index (Phi) is 6.85. The topological polar surface area (TPSA) is 20.2 Å². The summed E-state index contributed by atoms with van der Waals surface area (Å²) in [6.45, 7) is 7.04. The molecule has 2 aromatic carbocycles. The molecule has 0 saturated carbocycles. The molecule has 0 unspecified atom stereocenters. The van der Waals surface area contributed by atoms with Crippen molar-refractivity contribution in [2.45, 2.75) is 51.9 Å². The molecule has 0 amide bonds. The van der Waals surface area contributed by atoms with Crippen LogP contribution in [0.2, 0.25) is 0 Å². The van der Waals surface area contributed by atoms with Crippen molar-refractivity contribution < 1.29 is 5.11 Å². The maximum atomic E-state index is 9.74. The molecule has 3 atom stereocenters. The SMILES string of the molecule is CC[C@@H](c1cccc(C)c1)[C@@H](C)CC[C@@H](CO)c1ccccc1. The molecule has 0 aliphatic carbocycles. The standard InChI is InChI=1S/C22H30O/c1-4-22(20-12-8-9-17(2)15-20)18(3)13-14-21(16-23)19-10-6-5-7-11-19/h5-12,15,18,21-23H,4,13-14,16H2,1-3H3/t18-,21-,22+/m0/s1. The van der Waals surface area contributed by atoms with Gasteiger partial charge in [-0.15, -0.1) is 0 Å². The lowest BCUT2D eigenvalue weighted by molar-refractivity contribution is 0.249. The van der Waals surface area contributed by atoms with Crippen LogP contribution < -0.4 is 0 Å². The predicted molar refractivity (Wildman–Crippen MR) is 98.9 cm³/mol. The number of aryl methyl sites for hydroxylation is 1. The molecule has 0 fully saturated rings. The van der Waals surface area contributed by atoms with Crippen LogP contribution in [0.1, 0.15) is 61.6 Å². The highest BCUT2D eigenvalue weighted by Gasteiger charge is 2.20. The maximum Gasteiger partial charge on any atom is 0.0499 e. The number of aliphatic hydroxyl groups is 1. The van der Waals surface area contributed by atoms with Gasteiger partial charge in [-0.3, -0.25) is 0 Å². The van der Waals surface area contributed by atoms with E-state index < -0.39 is 0 Å². The summed E-state index contributed by atoms with van der Waals surface area (Å²) in [5.41, 5.74) is 4.05. The van der Waals surface area contributed by atoms with Gasteiger partial charge >= 0.3 is 0 Å². The number of benzene rings is 2. The van der Waals surface area contributed by atoms with Gasteiger partial charge in [0.1, 0.15) is 0 Å². The molecule has 0 aliphatic heterocycles. The van der Waals surface area contributed by atoms with Gasteiger partial charge in [0.05, 0.1) is 0 Å². The molecular formula is C22H30O. The molecule has 1 N–H and O–H groups in total. The van der Waals surface area contributed by atoms with Gasteiger partial charge in [-0.25, -0.2) is 0 Å². The van der Waals surface area contributed by atoms with Crippen LogP contribution >= 0.6 is 0 Å². The monoisotopic (exact) mass is 310 g/mol. The molecule has 124 valence electrons. The average Bonchev–Trinajstić information content (AvgIpc) is 2.57. The minimum Gasteiger partial charge on any atom is -0.396 e. The zero-order valence-electron chi connectivity index (χ0n) is 14.7. The van der Waals surface area contributed by atoms with E-state index in [9.17, 15) is 5.11 Å². The van der Waals surface area contributed by atoms with Crippen LogP contribution in [0.5, 0.6) is 0 Å². The second-order valence-corrected chi connectivity index (χ2v) is 6.77. The second kappa shape index (κ2) is 8.88. The summed E-state index contributed by atoms with van der Waals surface area (Å²) in [5, 5.41) is 9.74. The number of hydrogen-bond acceptors (Lipinski definition) is 1. The quantitative estimate of drug-likeness (QED) is 0.665. The molecule has 0 heterocycles. The van der Waals surface area contributed by atoms with Crippen molar-refractivity contribution in [3.05, 3.63) is 71.3 Å². The molecule has 2 aromatic rings. The summed E-state index contributed by atoms with van der Waals surface area (Å²) in [6, 6.07) is 19.3. The van der Waals surface area contributed by atoms with E-state index in [0.29, 0.717) is 11.8 Å². The number of hydrogen-bond donors (Lipinski definition) is 1. The van der Waals surface area contributed by atoms with Crippen LogP contribution in [0.15, 0.2) is 54.6 Å². The van der Waals surface area contributed by atoms with Crippen LogP contribution in [0.3, 0.4) is 0 Å². The van der Waals surface area contributed by atoms with Crippen LogP contribution in [-0.4, -0.2) is 11.7 Å². The first-order valence-corrected chi connectivity index (χ1v) is 8.88. The lowest BCUT2D eigenvalue weighted by atomic mass is 9.80. The van der Waals surface area contributed by atoms with E-state index in [-0.39, 0.29) is 12.5 Å². The molecule has 0 spiro atoms. The summed E-state index contributed by atoms with van der Waals surface area (Å²) >= 11 is 0. The molecule has 0 aliphatic rings. The van der Waals surface area contributed by atoms with Crippen molar-refractivity contribution in [3.8, 4) is 0 Å². The summed E-state index contributed by atoms with van der Waals surface area (Å²) in [7, 11) is 0. The van der Waals surface area contributed by atoms with Crippen LogP contribution in [0, 0.1) is 12.8 Å². The molecule has 0 aromatic heterocycles. The van der Waals surface area contributed by atoms with Crippen molar-refractivity contribution in [2.24, 2.45) is 5.92 Å². The van der Waals surface area contributed by atoms with Crippen molar-refractivity contribution in [3.63, 3.8) is 0 Å². The minimum atomic E-state index is 0.234. The van der Waals surface area contributed by atoms with E-state index in [1.807, 2.05) is 6.07 Å². The minimum absolute atomic E-state index is 0.234. The van der Waals surface area contributed by atoms with Gasteiger partial charge in [-0.05, 0) is 49.1 Å². The van der Waals surface area contributed by atoms with Gasteiger partial charge in [0, 0.05) is 12.5 Å². The molecule has 0 bridgehead atoms. The van der Waals surface area contributed by atoms with Crippen LogP contribution in [0.4, 0.5) is 0 Å².